The van der Waals surface area contributed by atoms with E-state index in [1.807, 2.05) is 0 Å². The Morgan fingerprint density at radius 2 is 1.33 bits per heavy atom. The van der Waals surface area contributed by atoms with Crippen LogP contribution in [0.25, 0.3) is 0 Å². The Labute approximate surface area is 78.5 Å². The fourth-order valence-electron chi connectivity index (χ4n) is 2.39. The number of hydrogen-bond acceptors (Lipinski definition) is 1. The van der Waals surface area contributed by atoms with Crippen molar-refractivity contribution >= 4 is 16.8 Å². The Balaban J connectivity index is 1.80. The van der Waals surface area contributed by atoms with Crippen molar-refractivity contribution in [2.24, 2.45) is 17.8 Å². The molecule has 0 aromatic carbocycles. The van der Waals surface area contributed by atoms with Crippen LogP contribution in [0.15, 0.2) is 0 Å². The second-order valence-corrected chi connectivity index (χ2v) is 4.63. The van der Waals surface area contributed by atoms with Gasteiger partial charge in [-0.2, -0.15) is 0 Å². The summed E-state index contributed by atoms with van der Waals surface area (Å²) in [6.45, 7) is 0. The fraction of sp³-hybridized carbons (Fsp3) is 0.900. The number of halogens is 1. The van der Waals surface area contributed by atoms with Gasteiger partial charge in [-0.3, -0.25) is 4.79 Å². The molecule has 0 saturated heterocycles. The zero-order valence-corrected chi connectivity index (χ0v) is 8.02. The quantitative estimate of drug-likeness (QED) is 0.606. The number of hydrogen-bond donors (Lipinski definition) is 0. The van der Waals surface area contributed by atoms with E-state index in [2.05, 4.69) is 0 Å². The summed E-state index contributed by atoms with van der Waals surface area (Å²) in [6, 6.07) is 0. The van der Waals surface area contributed by atoms with E-state index < -0.39 is 0 Å². The molecule has 0 unspecified atom stereocenters. The van der Waals surface area contributed by atoms with Gasteiger partial charge in [0, 0.05) is 5.92 Å². The molecule has 2 heteroatoms. The third kappa shape index (κ3) is 1.82. The summed E-state index contributed by atoms with van der Waals surface area (Å²) < 4.78 is 0. The van der Waals surface area contributed by atoms with Gasteiger partial charge < -0.3 is 0 Å². The maximum atomic E-state index is 10.9. The van der Waals surface area contributed by atoms with E-state index in [-0.39, 0.29) is 11.2 Å². The van der Waals surface area contributed by atoms with Gasteiger partial charge in [0.2, 0.25) is 5.24 Å². The van der Waals surface area contributed by atoms with Crippen molar-refractivity contribution in [1.82, 2.24) is 0 Å². The smallest absolute Gasteiger partial charge is 0.224 e. The SMILES string of the molecule is O=C(Cl)[C@H]1CC[C@H](C2CC2)CC1. The first kappa shape index (κ1) is 8.55. The van der Waals surface area contributed by atoms with Crippen molar-refractivity contribution in [3.63, 3.8) is 0 Å². The van der Waals surface area contributed by atoms with Crippen molar-refractivity contribution in [3.8, 4) is 0 Å². The van der Waals surface area contributed by atoms with E-state index in [1.165, 1.54) is 25.7 Å². The van der Waals surface area contributed by atoms with E-state index in [1.54, 1.807) is 0 Å². The largest absolute Gasteiger partial charge is 0.281 e. The summed E-state index contributed by atoms with van der Waals surface area (Å²) >= 11 is 5.46. The van der Waals surface area contributed by atoms with Gasteiger partial charge in [0.05, 0.1) is 0 Å². The van der Waals surface area contributed by atoms with E-state index in [4.69, 9.17) is 11.6 Å². The number of carbonyl (C=O) groups excluding carboxylic acids is 1. The standard InChI is InChI=1S/C10H15ClO/c11-10(12)9-5-3-8(4-6-9)7-1-2-7/h7-9H,1-6H2/t8-,9-. The van der Waals surface area contributed by atoms with Crippen LogP contribution in [-0.2, 0) is 4.79 Å². The number of carbonyl (C=O) groups is 1. The average Bonchev–Trinajstić information content (AvgIpc) is 2.87. The first-order valence-corrected chi connectivity index (χ1v) is 5.34. The first-order chi connectivity index (χ1) is 5.77. The molecule has 2 saturated carbocycles. The molecule has 0 N–H and O–H groups in total. The molecule has 0 spiro atoms. The van der Waals surface area contributed by atoms with Gasteiger partial charge in [0.1, 0.15) is 0 Å². The van der Waals surface area contributed by atoms with Gasteiger partial charge in [-0.1, -0.05) is 0 Å². The van der Waals surface area contributed by atoms with Crippen molar-refractivity contribution < 1.29 is 4.79 Å². The lowest BCUT2D eigenvalue weighted by Gasteiger charge is -2.25. The van der Waals surface area contributed by atoms with E-state index in [0.29, 0.717) is 0 Å². The fourth-order valence-corrected chi connectivity index (χ4v) is 2.60. The number of rotatable bonds is 2. The predicted molar refractivity (Wildman–Crippen MR) is 49.0 cm³/mol. The third-order valence-electron chi connectivity index (χ3n) is 3.38. The molecule has 68 valence electrons. The molecule has 0 amide bonds. The molecule has 0 aromatic rings. The molecular weight excluding hydrogens is 172 g/mol. The van der Waals surface area contributed by atoms with Gasteiger partial charge in [-0.05, 0) is 62.0 Å². The van der Waals surface area contributed by atoms with Crippen LogP contribution in [0, 0.1) is 17.8 Å². The highest BCUT2D eigenvalue weighted by molar-refractivity contribution is 6.63. The molecule has 2 aliphatic rings. The molecule has 2 rings (SSSR count). The minimum absolute atomic E-state index is 0.107. The van der Waals surface area contributed by atoms with Crippen molar-refractivity contribution in [1.29, 1.82) is 0 Å². The Bertz CT molecular complexity index is 178. The van der Waals surface area contributed by atoms with Crippen LogP contribution in [0.5, 0.6) is 0 Å². The third-order valence-corrected chi connectivity index (χ3v) is 3.69. The second-order valence-electron chi connectivity index (χ2n) is 4.25. The summed E-state index contributed by atoms with van der Waals surface area (Å²) in [5.41, 5.74) is 0. The second kappa shape index (κ2) is 3.37. The van der Waals surface area contributed by atoms with E-state index in [0.717, 1.165) is 24.7 Å². The van der Waals surface area contributed by atoms with Crippen molar-refractivity contribution in [3.05, 3.63) is 0 Å². The van der Waals surface area contributed by atoms with Gasteiger partial charge in [0.15, 0.2) is 0 Å². The highest BCUT2D eigenvalue weighted by Gasteiger charge is 2.35. The minimum atomic E-state index is -0.107. The van der Waals surface area contributed by atoms with Crippen LogP contribution in [0.1, 0.15) is 38.5 Å². The maximum absolute atomic E-state index is 10.9. The Kier molecular flexibility index (Phi) is 2.40. The van der Waals surface area contributed by atoms with Gasteiger partial charge in [-0.25, -0.2) is 0 Å². The van der Waals surface area contributed by atoms with Crippen LogP contribution in [0.4, 0.5) is 0 Å². The first-order valence-electron chi connectivity index (χ1n) is 4.96. The molecule has 0 heterocycles. The molecule has 0 radical (unpaired) electrons. The molecule has 0 aromatic heterocycles. The molecule has 12 heavy (non-hydrogen) atoms. The molecule has 0 bridgehead atoms. The molecule has 1 nitrogen and oxygen atoms in total. The normalized spacial score (nSPS) is 36.4. The van der Waals surface area contributed by atoms with Crippen LogP contribution in [-0.4, -0.2) is 5.24 Å². The summed E-state index contributed by atoms with van der Waals surface area (Å²) in [7, 11) is 0. The molecule has 0 atom stereocenters. The van der Waals surface area contributed by atoms with Crippen LogP contribution in [0.3, 0.4) is 0 Å². The Morgan fingerprint density at radius 1 is 0.917 bits per heavy atom. The summed E-state index contributed by atoms with van der Waals surface area (Å²) in [5.74, 6) is 2.12. The van der Waals surface area contributed by atoms with Crippen LogP contribution >= 0.6 is 11.6 Å². The monoisotopic (exact) mass is 186 g/mol. The van der Waals surface area contributed by atoms with Crippen LogP contribution < -0.4 is 0 Å². The van der Waals surface area contributed by atoms with Gasteiger partial charge in [0.25, 0.3) is 0 Å². The van der Waals surface area contributed by atoms with E-state index in [9.17, 15) is 4.79 Å². The average molecular weight is 187 g/mol. The van der Waals surface area contributed by atoms with Crippen molar-refractivity contribution in [2.45, 2.75) is 38.5 Å². The summed E-state index contributed by atoms with van der Waals surface area (Å²) in [6.07, 6.45) is 7.45. The highest BCUT2D eigenvalue weighted by atomic mass is 35.5. The highest BCUT2D eigenvalue weighted by Crippen LogP contribution is 2.45. The molecular formula is C10H15ClO. The lowest BCUT2D eigenvalue weighted by atomic mass is 9.80. The lowest BCUT2D eigenvalue weighted by Crippen LogP contribution is -2.19. The minimum Gasteiger partial charge on any atom is -0.281 e. The van der Waals surface area contributed by atoms with Crippen molar-refractivity contribution in [2.75, 3.05) is 0 Å². The van der Waals surface area contributed by atoms with Crippen LogP contribution in [0.2, 0.25) is 0 Å². The topological polar surface area (TPSA) is 17.1 Å². The Morgan fingerprint density at radius 3 is 1.67 bits per heavy atom. The van der Waals surface area contributed by atoms with Gasteiger partial charge >= 0.3 is 0 Å². The molecule has 0 aliphatic heterocycles. The maximum Gasteiger partial charge on any atom is 0.224 e. The van der Waals surface area contributed by atoms with Gasteiger partial charge in [-0.15, -0.1) is 0 Å². The van der Waals surface area contributed by atoms with E-state index >= 15 is 0 Å². The summed E-state index contributed by atoms with van der Waals surface area (Å²) in [5, 5.41) is -0.107. The molecule has 2 aliphatic carbocycles. The predicted octanol–water partition coefficient (Wildman–Crippen LogP) is 2.97. The Hall–Kier alpha value is -0.0400. The summed E-state index contributed by atoms with van der Waals surface area (Å²) in [4.78, 5) is 10.9. The lowest BCUT2D eigenvalue weighted by molar-refractivity contribution is -0.116. The molecule has 2 fully saturated rings. The zero-order valence-electron chi connectivity index (χ0n) is 7.26. The zero-order chi connectivity index (χ0) is 8.55.